The van der Waals surface area contributed by atoms with Crippen molar-refractivity contribution >= 4 is 33.7 Å². The standard InChI is InChI=1S/C35H34FN3O3/c1-2-31(34(40)41)39-32-17-15-26(36)19-29(32)30-20-27(16-18-33(30)39)38(35(42)37-21-23-9-4-3-5-10-23)22-25-13-8-12-24-11-6-7-14-28(24)25/h3-15,17,19,27,31H,2,16,18,20-22H2,1H3,(H,37,42)(H,40,41)/t27-,31?/m0/s1. The summed E-state index contributed by atoms with van der Waals surface area (Å²) in [7, 11) is 0. The molecule has 7 heteroatoms. The van der Waals surface area contributed by atoms with E-state index >= 15 is 0 Å². The normalized spacial score (nSPS) is 15.3. The highest BCUT2D eigenvalue weighted by Gasteiger charge is 2.34. The number of carbonyl (C=O) groups excluding carboxylic acids is 1. The molecule has 1 aliphatic rings. The maximum Gasteiger partial charge on any atom is 0.326 e. The zero-order valence-electron chi connectivity index (χ0n) is 23.6. The number of aliphatic carboxylic acids is 1. The van der Waals surface area contributed by atoms with Crippen LogP contribution in [0, 0.1) is 5.82 Å². The van der Waals surface area contributed by atoms with Crippen molar-refractivity contribution in [2.45, 2.75) is 57.8 Å². The van der Waals surface area contributed by atoms with Crippen molar-refractivity contribution in [3.63, 3.8) is 0 Å². The van der Waals surface area contributed by atoms with E-state index in [0.717, 1.165) is 44.1 Å². The maximum atomic E-state index is 14.5. The summed E-state index contributed by atoms with van der Waals surface area (Å²) in [5.41, 5.74) is 4.65. The van der Waals surface area contributed by atoms with Gasteiger partial charge in [-0.15, -0.1) is 0 Å². The van der Waals surface area contributed by atoms with E-state index in [1.165, 1.54) is 12.1 Å². The first-order valence-electron chi connectivity index (χ1n) is 14.5. The third-order valence-electron chi connectivity index (χ3n) is 8.53. The summed E-state index contributed by atoms with van der Waals surface area (Å²) in [5, 5.41) is 16.1. The van der Waals surface area contributed by atoms with Crippen LogP contribution in [0.25, 0.3) is 21.7 Å². The van der Waals surface area contributed by atoms with Crippen LogP contribution in [0.3, 0.4) is 0 Å². The van der Waals surface area contributed by atoms with E-state index in [1.807, 2.05) is 64.9 Å². The van der Waals surface area contributed by atoms with E-state index in [9.17, 15) is 19.1 Å². The highest BCUT2D eigenvalue weighted by atomic mass is 19.1. The van der Waals surface area contributed by atoms with Crippen molar-refractivity contribution in [1.29, 1.82) is 0 Å². The highest BCUT2D eigenvalue weighted by Crippen LogP contribution is 2.37. The molecule has 0 spiro atoms. The van der Waals surface area contributed by atoms with Gasteiger partial charge in [0.15, 0.2) is 0 Å². The molecule has 0 saturated carbocycles. The van der Waals surface area contributed by atoms with Crippen molar-refractivity contribution in [3.05, 3.63) is 119 Å². The zero-order chi connectivity index (χ0) is 29.2. The minimum Gasteiger partial charge on any atom is -0.480 e. The molecule has 2 amide bonds. The van der Waals surface area contributed by atoms with Gasteiger partial charge >= 0.3 is 12.0 Å². The number of hydrogen-bond acceptors (Lipinski definition) is 2. The number of halogens is 1. The molecule has 0 saturated heterocycles. The van der Waals surface area contributed by atoms with Gasteiger partial charge < -0.3 is 19.9 Å². The second-order valence-electron chi connectivity index (χ2n) is 11.0. The Morgan fingerprint density at radius 1 is 1.00 bits per heavy atom. The van der Waals surface area contributed by atoms with Gasteiger partial charge in [0.05, 0.1) is 0 Å². The van der Waals surface area contributed by atoms with E-state index in [-0.39, 0.29) is 17.9 Å². The average molecular weight is 564 g/mol. The summed E-state index contributed by atoms with van der Waals surface area (Å²) in [5.74, 6) is -1.26. The molecule has 1 heterocycles. The number of urea groups is 1. The largest absolute Gasteiger partial charge is 0.480 e. The van der Waals surface area contributed by atoms with E-state index in [0.29, 0.717) is 38.8 Å². The molecule has 5 aromatic rings. The number of carbonyl (C=O) groups is 2. The molecule has 6 nitrogen and oxygen atoms in total. The van der Waals surface area contributed by atoms with Crippen molar-refractivity contribution in [2.24, 2.45) is 0 Å². The van der Waals surface area contributed by atoms with Crippen LogP contribution in [0.1, 0.15) is 48.2 Å². The summed E-state index contributed by atoms with van der Waals surface area (Å²) in [4.78, 5) is 28.0. The first-order valence-corrected chi connectivity index (χ1v) is 14.5. The third kappa shape index (κ3) is 5.22. The third-order valence-corrected chi connectivity index (χ3v) is 8.53. The molecule has 1 aromatic heterocycles. The quantitative estimate of drug-likeness (QED) is 0.209. The van der Waals surface area contributed by atoms with Crippen molar-refractivity contribution < 1.29 is 19.1 Å². The van der Waals surface area contributed by atoms with Gasteiger partial charge in [-0.3, -0.25) is 0 Å². The van der Waals surface area contributed by atoms with Crippen LogP contribution < -0.4 is 5.32 Å². The molecule has 0 bridgehead atoms. The number of rotatable bonds is 8. The summed E-state index contributed by atoms with van der Waals surface area (Å²) in [6.45, 7) is 2.68. The van der Waals surface area contributed by atoms with E-state index in [4.69, 9.17) is 0 Å². The second kappa shape index (κ2) is 11.7. The van der Waals surface area contributed by atoms with Crippen LogP contribution in [0.4, 0.5) is 9.18 Å². The Kier molecular flexibility index (Phi) is 7.66. The number of benzene rings is 4. The van der Waals surface area contributed by atoms with Crippen LogP contribution >= 0.6 is 0 Å². The Morgan fingerprint density at radius 2 is 1.76 bits per heavy atom. The number of nitrogens with zero attached hydrogens (tertiary/aromatic N) is 2. The van der Waals surface area contributed by atoms with Gasteiger partial charge in [0.2, 0.25) is 0 Å². The number of aromatic nitrogens is 1. The molecule has 0 fully saturated rings. The van der Waals surface area contributed by atoms with Crippen LogP contribution in [-0.4, -0.2) is 32.6 Å². The minimum atomic E-state index is -0.901. The van der Waals surface area contributed by atoms with Gasteiger partial charge in [-0.25, -0.2) is 14.0 Å². The SMILES string of the molecule is CCC(C(=O)O)n1c2c(c3cc(F)ccc31)C[C@@H](N(Cc1cccc3ccccc13)C(=O)NCc1ccccc1)CC2. The molecular weight excluding hydrogens is 529 g/mol. The number of hydrogen-bond donors (Lipinski definition) is 2. The number of amides is 2. The van der Waals surface area contributed by atoms with Gasteiger partial charge in [0.25, 0.3) is 0 Å². The fourth-order valence-electron chi connectivity index (χ4n) is 6.49. The van der Waals surface area contributed by atoms with Gasteiger partial charge in [0, 0.05) is 35.7 Å². The predicted molar refractivity (Wildman–Crippen MR) is 163 cm³/mol. The van der Waals surface area contributed by atoms with Gasteiger partial charge in [0.1, 0.15) is 11.9 Å². The Balaban J connectivity index is 1.38. The van der Waals surface area contributed by atoms with E-state index in [2.05, 4.69) is 29.6 Å². The number of fused-ring (bicyclic) bond motifs is 4. The van der Waals surface area contributed by atoms with Crippen molar-refractivity contribution in [1.82, 2.24) is 14.8 Å². The predicted octanol–water partition coefficient (Wildman–Crippen LogP) is 7.24. The molecule has 2 N–H and O–H groups in total. The Morgan fingerprint density at radius 3 is 2.55 bits per heavy atom. The Labute approximate surface area is 244 Å². The summed E-state index contributed by atoms with van der Waals surface area (Å²) in [6.07, 6.45) is 2.20. The molecule has 1 unspecified atom stereocenters. The second-order valence-corrected chi connectivity index (χ2v) is 11.0. The first-order chi connectivity index (χ1) is 20.4. The van der Waals surface area contributed by atoms with Gasteiger partial charge in [-0.05, 0) is 71.3 Å². The molecule has 2 atom stereocenters. The topological polar surface area (TPSA) is 74.6 Å². The van der Waals surface area contributed by atoms with E-state index in [1.54, 1.807) is 6.07 Å². The first kappa shape index (κ1) is 27.5. The maximum absolute atomic E-state index is 14.5. The van der Waals surface area contributed by atoms with Crippen LogP contribution in [0.5, 0.6) is 0 Å². The number of carboxylic acid groups (broad SMARTS) is 1. The van der Waals surface area contributed by atoms with E-state index < -0.39 is 12.0 Å². The summed E-state index contributed by atoms with van der Waals surface area (Å²) < 4.78 is 16.4. The molecule has 214 valence electrons. The molecule has 0 radical (unpaired) electrons. The van der Waals surface area contributed by atoms with Crippen LogP contribution in [0.15, 0.2) is 91.0 Å². The lowest BCUT2D eigenvalue weighted by molar-refractivity contribution is -0.140. The molecular formula is C35H34FN3O3. The molecule has 42 heavy (non-hydrogen) atoms. The fraction of sp³-hybridized carbons (Fsp3) is 0.257. The lowest BCUT2D eigenvalue weighted by atomic mass is 9.89. The smallest absolute Gasteiger partial charge is 0.326 e. The molecule has 4 aromatic carbocycles. The Hall–Kier alpha value is -4.65. The molecule has 0 aliphatic heterocycles. The average Bonchev–Trinajstić information content (AvgIpc) is 3.32. The monoisotopic (exact) mass is 563 g/mol. The van der Waals surface area contributed by atoms with Gasteiger partial charge in [-0.1, -0.05) is 79.7 Å². The zero-order valence-corrected chi connectivity index (χ0v) is 23.6. The lowest BCUT2D eigenvalue weighted by Crippen LogP contribution is -2.47. The van der Waals surface area contributed by atoms with Crippen molar-refractivity contribution in [2.75, 3.05) is 0 Å². The molecule has 1 aliphatic carbocycles. The molecule has 6 rings (SSSR count). The minimum absolute atomic E-state index is 0.153. The number of carboxylic acids is 1. The number of nitrogens with one attached hydrogen (secondary N) is 1. The lowest BCUT2D eigenvalue weighted by Gasteiger charge is -2.35. The van der Waals surface area contributed by atoms with Crippen molar-refractivity contribution in [3.8, 4) is 0 Å². The van der Waals surface area contributed by atoms with Gasteiger partial charge in [-0.2, -0.15) is 0 Å². The fourth-order valence-corrected chi connectivity index (χ4v) is 6.49. The summed E-state index contributed by atoms with van der Waals surface area (Å²) in [6, 6.07) is 27.7. The summed E-state index contributed by atoms with van der Waals surface area (Å²) >= 11 is 0. The van der Waals surface area contributed by atoms with Crippen LogP contribution in [0.2, 0.25) is 0 Å². The van der Waals surface area contributed by atoms with Crippen LogP contribution in [-0.2, 0) is 30.7 Å². The Bertz CT molecular complexity index is 1760. The highest BCUT2D eigenvalue weighted by molar-refractivity contribution is 5.89.